The zero-order valence-corrected chi connectivity index (χ0v) is 20.7. The molecule has 5 rings (SSSR count). The average Bonchev–Trinajstić information content (AvgIpc) is 3.53. The lowest BCUT2D eigenvalue weighted by atomic mass is 9.96. The number of aromatic nitrogens is 2. The van der Waals surface area contributed by atoms with E-state index in [-0.39, 0.29) is 12.1 Å². The molecule has 2 unspecified atom stereocenters. The maximum Gasteiger partial charge on any atom is 0.170 e. The minimum atomic E-state index is -0.112. The number of halogens is 1. The predicted octanol–water partition coefficient (Wildman–Crippen LogP) is 5.92. The summed E-state index contributed by atoms with van der Waals surface area (Å²) in [5.74, 6) is 1.60. The van der Waals surface area contributed by atoms with Crippen LogP contribution in [0.1, 0.15) is 40.5 Å². The molecule has 1 saturated heterocycles. The molecule has 0 amide bonds. The Labute approximate surface area is 209 Å². The van der Waals surface area contributed by atoms with E-state index in [4.69, 9.17) is 33.0 Å². The second-order valence-electron chi connectivity index (χ2n) is 8.31. The van der Waals surface area contributed by atoms with Crippen LogP contribution >= 0.6 is 23.8 Å². The first kappa shape index (κ1) is 22.5. The topological polar surface area (TPSA) is 55.5 Å². The number of nitrogens with zero attached hydrogens (tertiary/aromatic N) is 3. The van der Waals surface area contributed by atoms with Gasteiger partial charge in [0.2, 0.25) is 0 Å². The lowest BCUT2D eigenvalue weighted by Crippen LogP contribution is -2.29. The van der Waals surface area contributed by atoms with Crippen molar-refractivity contribution in [3.8, 4) is 11.4 Å². The molecule has 8 heteroatoms. The predicted molar refractivity (Wildman–Crippen MR) is 137 cm³/mol. The number of benzene rings is 1. The molecule has 1 aliphatic rings. The number of furan rings is 1. The minimum absolute atomic E-state index is 0.0855. The first-order valence-electron chi connectivity index (χ1n) is 11.0. The SMILES string of the molecule is COc1ccc(Cl)cc1-n1c(C)cc(C2C(c3ccccn3)NC(=S)N2Cc2ccco2)c1C. The number of ether oxygens (including phenoxy) is 1. The third kappa shape index (κ3) is 3.95. The standard InChI is InChI=1S/C26H25ClN4O2S/c1-16-13-20(17(2)31(16)22-14-18(27)9-10-23(22)32-3)25-24(21-8-4-5-11-28-21)29-26(34)30(25)15-19-7-6-12-33-19/h4-14,24-25H,15H2,1-3H3,(H,29,34). The number of thiocarbonyl (C=S) groups is 1. The molecule has 174 valence electrons. The van der Waals surface area contributed by atoms with E-state index in [0.29, 0.717) is 16.7 Å². The third-order valence-corrected chi connectivity index (χ3v) is 6.86. The summed E-state index contributed by atoms with van der Waals surface area (Å²) in [7, 11) is 1.67. The highest BCUT2D eigenvalue weighted by Gasteiger charge is 2.41. The number of rotatable bonds is 6. The molecule has 0 radical (unpaired) electrons. The Kier molecular flexibility index (Phi) is 6.06. The van der Waals surface area contributed by atoms with Crippen molar-refractivity contribution in [2.75, 3.05) is 7.11 Å². The van der Waals surface area contributed by atoms with Crippen LogP contribution in [0.4, 0.5) is 0 Å². The molecule has 1 N–H and O–H groups in total. The summed E-state index contributed by atoms with van der Waals surface area (Å²) in [6, 6.07) is 17.5. The summed E-state index contributed by atoms with van der Waals surface area (Å²) >= 11 is 12.2. The lowest BCUT2D eigenvalue weighted by molar-refractivity contribution is 0.286. The van der Waals surface area contributed by atoms with Crippen molar-refractivity contribution < 1.29 is 9.15 Å². The zero-order valence-electron chi connectivity index (χ0n) is 19.2. The number of hydrogen-bond donors (Lipinski definition) is 1. The van der Waals surface area contributed by atoms with Crippen molar-refractivity contribution in [2.24, 2.45) is 0 Å². The monoisotopic (exact) mass is 492 g/mol. The van der Waals surface area contributed by atoms with Crippen LogP contribution in [0.15, 0.2) is 71.5 Å². The number of nitrogens with one attached hydrogen (secondary N) is 1. The van der Waals surface area contributed by atoms with E-state index in [1.54, 1.807) is 13.4 Å². The number of aryl methyl sites for hydroxylation is 1. The molecule has 0 bridgehead atoms. The molecule has 1 fully saturated rings. The summed E-state index contributed by atoms with van der Waals surface area (Å²) in [5, 5.41) is 4.83. The normalized spacial score (nSPS) is 17.8. The van der Waals surface area contributed by atoms with E-state index < -0.39 is 0 Å². The second kappa shape index (κ2) is 9.16. The van der Waals surface area contributed by atoms with Gasteiger partial charge in [-0.15, -0.1) is 0 Å². The molecule has 6 nitrogen and oxygen atoms in total. The van der Waals surface area contributed by atoms with Gasteiger partial charge in [0.05, 0.1) is 43.4 Å². The average molecular weight is 493 g/mol. The van der Waals surface area contributed by atoms with Gasteiger partial charge in [-0.25, -0.2) is 0 Å². The van der Waals surface area contributed by atoms with Gasteiger partial charge in [-0.2, -0.15) is 0 Å². The van der Waals surface area contributed by atoms with Gasteiger partial charge < -0.3 is 23.9 Å². The van der Waals surface area contributed by atoms with E-state index in [1.165, 1.54) is 0 Å². The van der Waals surface area contributed by atoms with Crippen LogP contribution in [-0.4, -0.2) is 26.7 Å². The van der Waals surface area contributed by atoms with Crippen molar-refractivity contribution in [1.29, 1.82) is 0 Å². The molecular weight excluding hydrogens is 468 g/mol. The van der Waals surface area contributed by atoms with Crippen molar-refractivity contribution in [1.82, 2.24) is 19.8 Å². The van der Waals surface area contributed by atoms with Crippen molar-refractivity contribution >= 4 is 28.9 Å². The van der Waals surface area contributed by atoms with Gasteiger partial charge in [-0.1, -0.05) is 17.7 Å². The molecule has 0 spiro atoms. The summed E-state index contributed by atoms with van der Waals surface area (Å²) in [6.45, 7) is 4.76. The first-order chi connectivity index (χ1) is 16.5. The van der Waals surface area contributed by atoms with Crippen LogP contribution in [0, 0.1) is 13.8 Å². The maximum absolute atomic E-state index is 6.36. The quantitative estimate of drug-likeness (QED) is 0.337. The Morgan fingerprint density at radius 2 is 2.00 bits per heavy atom. The lowest BCUT2D eigenvalue weighted by Gasteiger charge is -2.27. The molecule has 4 heterocycles. The van der Waals surface area contributed by atoms with Crippen molar-refractivity contribution in [3.05, 3.63) is 100 Å². The fourth-order valence-corrected chi connectivity index (χ4v) is 5.25. The van der Waals surface area contributed by atoms with E-state index in [9.17, 15) is 0 Å². The Morgan fingerprint density at radius 3 is 2.71 bits per heavy atom. The van der Waals surface area contributed by atoms with Crippen molar-refractivity contribution in [2.45, 2.75) is 32.5 Å². The number of pyridine rings is 1. The molecule has 0 saturated carbocycles. The molecule has 4 aromatic rings. The van der Waals surface area contributed by atoms with Gasteiger partial charge >= 0.3 is 0 Å². The Morgan fingerprint density at radius 1 is 1.15 bits per heavy atom. The summed E-state index contributed by atoms with van der Waals surface area (Å²) in [6.07, 6.45) is 3.50. The molecule has 3 aromatic heterocycles. The molecule has 1 aromatic carbocycles. The second-order valence-corrected chi connectivity index (χ2v) is 9.14. The number of methoxy groups -OCH3 is 1. The Hall–Kier alpha value is -3.29. The van der Waals surface area contributed by atoms with Gasteiger partial charge in [0, 0.05) is 22.6 Å². The van der Waals surface area contributed by atoms with Gasteiger partial charge in [-0.3, -0.25) is 4.98 Å². The van der Waals surface area contributed by atoms with Gasteiger partial charge in [0.15, 0.2) is 5.11 Å². The first-order valence-corrected chi connectivity index (χ1v) is 11.8. The molecule has 0 aliphatic carbocycles. The fraction of sp³-hybridized carbons (Fsp3) is 0.231. The van der Waals surface area contributed by atoms with Crippen LogP contribution in [0.2, 0.25) is 5.02 Å². The van der Waals surface area contributed by atoms with Gasteiger partial charge in [0.25, 0.3) is 0 Å². The van der Waals surface area contributed by atoms with Crippen LogP contribution in [0.5, 0.6) is 5.75 Å². The van der Waals surface area contributed by atoms with E-state index >= 15 is 0 Å². The van der Waals surface area contributed by atoms with Gasteiger partial charge in [0.1, 0.15) is 11.5 Å². The Bertz CT molecular complexity index is 1320. The third-order valence-electron chi connectivity index (χ3n) is 6.27. The van der Waals surface area contributed by atoms with E-state index in [1.807, 2.05) is 54.7 Å². The molecule has 2 atom stereocenters. The van der Waals surface area contributed by atoms with Gasteiger partial charge in [-0.05, 0) is 80.2 Å². The molecule has 1 aliphatic heterocycles. The molecular formula is C26H25ClN4O2S. The summed E-state index contributed by atoms with van der Waals surface area (Å²) in [5.41, 5.74) is 5.14. The van der Waals surface area contributed by atoms with Crippen LogP contribution in [-0.2, 0) is 6.54 Å². The van der Waals surface area contributed by atoms with E-state index in [2.05, 4.69) is 39.7 Å². The highest BCUT2D eigenvalue weighted by molar-refractivity contribution is 7.80. The summed E-state index contributed by atoms with van der Waals surface area (Å²) < 4.78 is 13.5. The minimum Gasteiger partial charge on any atom is -0.495 e. The van der Waals surface area contributed by atoms with E-state index in [0.717, 1.165) is 39.8 Å². The Balaban J connectivity index is 1.65. The number of hydrogen-bond acceptors (Lipinski definition) is 4. The van der Waals surface area contributed by atoms with Crippen LogP contribution < -0.4 is 10.1 Å². The highest BCUT2D eigenvalue weighted by Crippen LogP contribution is 2.43. The fourth-order valence-electron chi connectivity index (χ4n) is 4.78. The maximum atomic E-state index is 6.36. The smallest absolute Gasteiger partial charge is 0.170 e. The van der Waals surface area contributed by atoms with Crippen LogP contribution in [0.25, 0.3) is 5.69 Å². The molecule has 34 heavy (non-hydrogen) atoms. The zero-order chi connectivity index (χ0) is 23.8. The largest absolute Gasteiger partial charge is 0.495 e. The van der Waals surface area contributed by atoms with Crippen molar-refractivity contribution in [3.63, 3.8) is 0 Å². The highest BCUT2D eigenvalue weighted by atomic mass is 35.5. The summed E-state index contributed by atoms with van der Waals surface area (Å²) in [4.78, 5) is 6.82. The van der Waals surface area contributed by atoms with Crippen LogP contribution in [0.3, 0.4) is 0 Å².